The van der Waals surface area contributed by atoms with Gasteiger partial charge in [0.15, 0.2) is 11.5 Å². The Hall–Kier alpha value is -4.48. The number of anilines is 3. The minimum atomic E-state index is -0.351. The summed E-state index contributed by atoms with van der Waals surface area (Å²) in [6, 6.07) is 8.29. The molecule has 0 bridgehead atoms. The van der Waals surface area contributed by atoms with Gasteiger partial charge in [-0.2, -0.15) is 9.61 Å². The van der Waals surface area contributed by atoms with Gasteiger partial charge in [-0.3, -0.25) is 14.2 Å². The molecule has 0 radical (unpaired) electrons. The zero-order valence-corrected chi connectivity index (χ0v) is 20.2. The van der Waals surface area contributed by atoms with E-state index in [1.54, 1.807) is 43.6 Å². The Kier molecular flexibility index (Phi) is 6.36. The second-order valence-electron chi connectivity index (χ2n) is 8.97. The third-order valence-electron chi connectivity index (χ3n) is 5.04. The van der Waals surface area contributed by atoms with Gasteiger partial charge in [0.25, 0.3) is 11.5 Å². The number of hydrogen-bond donors (Lipinski definition) is 3. The maximum Gasteiger partial charge on any atom is 0.280 e. The molecule has 0 aliphatic rings. The summed E-state index contributed by atoms with van der Waals surface area (Å²) in [7, 11) is 3.22. The molecule has 4 rings (SSSR count). The van der Waals surface area contributed by atoms with Gasteiger partial charge in [-0.1, -0.05) is 20.8 Å². The van der Waals surface area contributed by atoms with E-state index in [9.17, 15) is 9.59 Å². The number of carbonyl (C=O) groups excluding carboxylic acids is 1. The topological polar surface area (TPSA) is 140 Å². The van der Waals surface area contributed by atoms with E-state index in [-0.39, 0.29) is 22.6 Å². The molecule has 12 nitrogen and oxygen atoms in total. The van der Waals surface area contributed by atoms with Crippen molar-refractivity contribution < 1.29 is 9.53 Å². The van der Waals surface area contributed by atoms with Crippen LogP contribution in [0.1, 0.15) is 31.1 Å². The van der Waals surface area contributed by atoms with Gasteiger partial charge >= 0.3 is 0 Å². The first-order chi connectivity index (χ1) is 16.7. The van der Waals surface area contributed by atoms with Crippen LogP contribution in [-0.2, 0) is 0 Å². The third kappa shape index (κ3) is 5.05. The van der Waals surface area contributed by atoms with Gasteiger partial charge in [0, 0.05) is 31.9 Å². The molecule has 1 amide bonds. The third-order valence-corrected chi connectivity index (χ3v) is 5.04. The summed E-state index contributed by atoms with van der Waals surface area (Å²) >= 11 is 0. The van der Waals surface area contributed by atoms with E-state index in [2.05, 4.69) is 36.2 Å². The molecule has 0 aliphatic carbocycles. The van der Waals surface area contributed by atoms with Crippen LogP contribution in [0.3, 0.4) is 0 Å². The quantitative estimate of drug-likeness (QED) is 0.365. The number of amides is 1. The zero-order valence-electron chi connectivity index (χ0n) is 20.2. The lowest BCUT2D eigenvalue weighted by Crippen LogP contribution is -2.32. The van der Waals surface area contributed by atoms with Gasteiger partial charge in [0.2, 0.25) is 5.88 Å². The molecule has 12 heteroatoms. The summed E-state index contributed by atoms with van der Waals surface area (Å²) < 4.78 is 7.92. The van der Waals surface area contributed by atoms with Gasteiger partial charge in [-0.15, -0.1) is 10.2 Å². The number of hydrogen-bond acceptors (Lipinski definition) is 9. The molecule has 182 valence electrons. The number of fused-ring (bicyclic) bond motifs is 1. The number of carbonyl (C=O) groups is 1. The van der Waals surface area contributed by atoms with Gasteiger partial charge < -0.3 is 20.7 Å². The van der Waals surface area contributed by atoms with Crippen molar-refractivity contribution in [1.29, 1.82) is 0 Å². The molecule has 4 heterocycles. The fourth-order valence-electron chi connectivity index (χ4n) is 3.26. The summed E-state index contributed by atoms with van der Waals surface area (Å²) in [4.78, 5) is 30.5. The molecule has 0 fully saturated rings. The molecule has 0 saturated carbocycles. The average molecular weight is 478 g/mol. The molecule has 0 aliphatic heterocycles. The monoisotopic (exact) mass is 477 g/mol. The van der Waals surface area contributed by atoms with E-state index in [1.165, 1.54) is 22.4 Å². The molecule has 0 saturated heterocycles. The lowest BCUT2D eigenvalue weighted by molar-refractivity contribution is 0.0941. The van der Waals surface area contributed by atoms with Crippen LogP contribution in [0.5, 0.6) is 5.88 Å². The Morgan fingerprint density at radius 2 is 1.97 bits per heavy atom. The second-order valence-corrected chi connectivity index (χ2v) is 8.97. The Morgan fingerprint density at radius 1 is 1.17 bits per heavy atom. The molecular weight excluding hydrogens is 450 g/mol. The summed E-state index contributed by atoms with van der Waals surface area (Å²) in [6.45, 7) is 6.60. The van der Waals surface area contributed by atoms with E-state index in [4.69, 9.17) is 4.74 Å². The lowest BCUT2D eigenvalue weighted by Gasteiger charge is -2.18. The zero-order chi connectivity index (χ0) is 25.2. The van der Waals surface area contributed by atoms with Crippen molar-refractivity contribution in [3.05, 3.63) is 58.6 Å². The largest absolute Gasteiger partial charge is 0.480 e. The molecule has 3 N–H and O–H groups in total. The maximum atomic E-state index is 13.1. The molecule has 4 aromatic heterocycles. The summed E-state index contributed by atoms with van der Waals surface area (Å²) in [5.74, 6) is 1.36. The van der Waals surface area contributed by atoms with E-state index in [0.29, 0.717) is 41.1 Å². The minimum absolute atomic E-state index is 0.0730. The second kappa shape index (κ2) is 9.41. The predicted octanol–water partition coefficient (Wildman–Crippen LogP) is 2.24. The number of ether oxygens (including phenoxy) is 1. The highest BCUT2D eigenvalue weighted by Crippen LogP contribution is 2.21. The van der Waals surface area contributed by atoms with Crippen LogP contribution in [0.25, 0.3) is 11.5 Å². The fourth-order valence-corrected chi connectivity index (χ4v) is 3.26. The highest BCUT2D eigenvalue weighted by atomic mass is 16.5. The number of rotatable bonds is 7. The van der Waals surface area contributed by atoms with E-state index in [0.717, 1.165) is 0 Å². The number of pyridine rings is 1. The lowest BCUT2D eigenvalue weighted by atomic mass is 9.97. The average Bonchev–Trinajstić information content (AvgIpc) is 3.27. The highest BCUT2D eigenvalue weighted by molar-refractivity contribution is 6.00. The summed E-state index contributed by atoms with van der Waals surface area (Å²) in [6.07, 6.45) is 3.07. The Morgan fingerprint density at radius 3 is 2.63 bits per heavy atom. The first kappa shape index (κ1) is 23.7. The Bertz CT molecular complexity index is 1420. The van der Waals surface area contributed by atoms with Crippen LogP contribution >= 0.6 is 0 Å². The SMILES string of the molecule is CNc1cc(Nc2cccn(-c3ccc(OC)nn3)c2=O)nc2c(C(=O)NCC(C)(C)C)cnn12. The van der Waals surface area contributed by atoms with Gasteiger partial charge in [-0.05, 0) is 23.6 Å². The Balaban J connectivity index is 1.69. The van der Waals surface area contributed by atoms with Crippen LogP contribution in [-0.4, -0.2) is 56.0 Å². The van der Waals surface area contributed by atoms with Crippen molar-refractivity contribution in [3.63, 3.8) is 0 Å². The van der Waals surface area contributed by atoms with E-state index < -0.39 is 0 Å². The summed E-state index contributed by atoms with van der Waals surface area (Å²) in [5, 5.41) is 21.3. The number of nitrogens with zero attached hydrogens (tertiary/aromatic N) is 6. The van der Waals surface area contributed by atoms with Gasteiger partial charge in [0.1, 0.15) is 22.9 Å². The number of aromatic nitrogens is 6. The molecular formula is C23H27N9O3. The first-order valence-electron chi connectivity index (χ1n) is 10.9. The Labute approximate surface area is 201 Å². The minimum Gasteiger partial charge on any atom is -0.480 e. The van der Waals surface area contributed by atoms with E-state index >= 15 is 0 Å². The molecule has 0 atom stereocenters. The van der Waals surface area contributed by atoms with Crippen molar-refractivity contribution in [2.75, 3.05) is 31.3 Å². The van der Waals surface area contributed by atoms with Crippen LogP contribution in [0.4, 0.5) is 17.3 Å². The van der Waals surface area contributed by atoms with Crippen molar-refractivity contribution >= 4 is 28.9 Å². The highest BCUT2D eigenvalue weighted by Gasteiger charge is 2.19. The van der Waals surface area contributed by atoms with Gasteiger partial charge in [0.05, 0.1) is 13.3 Å². The molecule has 35 heavy (non-hydrogen) atoms. The van der Waals surface area contributed by atoms with Crippen LogP contribution in [0, 0.1) is 5.41 Å². The number of nitrogens with one attached hydrogen (secondary N) is 3. The first-order valence-corrected chi connectivity index (χ1v) is 10.9. The molecule has 0 aromatic carbocycles. The smallest absolute Gasteiger partial charge is 0.280 e. The van der Waals surface area contributed by atoms with Crippen molar-refractivity contribution in [2.24, 2.45) is 5.41 Å². The number of methoxy groups -OCH3 is 1. The normalized spacial score (nSPS) is 11.3. The predicted molar refractivity (Wildman–Crippen MR) is 132 cm³/mol. The van der Waals surface area contributed by atoms with Crippen molar-refractivity contribution in [1.82, 2.24) is 34.7 Å². The summed E-state index contributed by atoms with van der Waals surface area (Å²) in [5.41, 5.74) is 0.520. The molecule has 4 aromatic rings. The molecule has 0 spiro atoms. The molecule has 0 unspecified atom stereocenters. The standard InChI is InChI=1S/C23H27N9O3/c1-23(2,3)13-25-21(33)14-12-26-32-18(24-4)11-16(28-20(14)32)27-15-7-6-10-31(22(15)34)17-8-9-19(35-5)30-29-17/h6-12,24H,13H2,1-5H3,(H,25,33)(H,27,28). The van der Waals surface area contributed by atoms with Gasteiger partial charge in [-0.25, -0.2) is 4.98 Å². The maximum absolute atomic E-state index is 13.1. The van der Waals surface area contributed by atoms with Crippen LogP contribution in [0.2, 0.25) is 0 Å². The van der Waals surface area contributed by atoms with Crippen LogP contribution < -0.4 is 26.2 Å². The van der Waals surface area contributed by atoms with E-state index in [1.807, 2.05) is 20.8 Å². The fraction of sp³-hybridized carbons (Fsp3) is 0.304. The van der Waals surface area contributed by atoms with Crippen molar-refractivity contribution in [2.45, 2.75) is 20.8 Å². The van der Waals surface area contributed by atoms with Crippen molar-refractivity contribution in [3.8, 4) is 11.7 Å². The van der Waals surface area contributed by atoms with Crippen LogP contribution in [0.15, 0.2) is 47.5 Å².